The van der Waals surface area contributed by atoms with Crippen LogP contribution in [0.1, 0.15) is 31.2 Å². The van der Waals surface area contributed by atoms with E-state index in [-0.39, 0.29) is 18.2 Å². The Kier molecular flexibility index (Phi) is 4.14. The lowest BCUT2D eigenvalue weighted by atomic mass is 10.0. The quantitative estimate of drug-likeness (QED) is 0.822. The Bertz CT molecular complexity index is 693. The van der Waals surface area contributed by atoms with Crippen molar-refractivity contribution in [2.75, 3.05) is 0 Å². The zero-order chi connectivity index (χ0) is 16.8. The highest BCUT2D eigenvalue weighted by Gasteiger charge is 2.40. The van der Waals surface area contributed by atoms with E-state index in [9.17, 15) is 26.0 Å². The SMILES string of the molecule is O=S(=O)(NC1CC2CCC(C1)N2)c1ccc(F)cc1C(F)(F)F. The molecule has 4 nitrogen and oxygen atoms in total. The van der Waals surface area contributed by atoms with Crippen molar-refractivity contribution in [2.24, 2.45) is 0 Å². The highest BCUT2D eigenvalue weighted by atomic mass is 32.2. The molecule has 0 saturated carbocycles. The molecule has 2 unspecified atom stereocenters. The average Bonchev–Trinajstić information content (AvgIpc) is 2.76. The summed E-state index contributed by atoms with van der Waals surface area (Å²) in [6, 6.07) is 1.56. The van der Waals surface area contributed by atoms with Gasteiger partial charge in [-0.05, 0) is 43.9 Å². The fourth-order valence-corrected chi connectivity index (χ4v) is 4.86. The van der Waals surface area contributed by atoms with E-state index in [0.29, 0.717) is 18.9 Å². The molecule has 1 aromatic carbocycles. The highest BCUT2D eigenvalue weighted by Crippen LogP contribution is 2.35. The van der Waals surface area contributed by atoms with Gasteiger partial charge in [0.15, 0.2) is 0 Å². The van der Waals surface area contributed by atoms with Crippen LogP contribution in [-0.4, -0.2) is 26.5 Å². The first-order chi connectivity index (χ1) is 10.6. The van der Waals surface area contributed by atoms with Gasteiger partial charge >= 0.3 is 6.18 Å². The van der Waals surface area contributed by atoms with E-state index < -0.39 is 38.5 Å². The Balaban J connectivity index is 1.88. The summed E-state index contributed by atoms with van der Waals surface area (Å²) in [6.45, 7) is 0. The predicted octanol–water partition coefficient (Wildman–Crippen LogP) is 2.41. The lowest BCUT2D eigenvalue weighted by Crippen LogP contribution is -2.48. The maximum atomic E-state index is 13.1. The molecule has 2 fully saturated rings. The molecule has 2 heterocycles. The smallest absolute Gasteiger partial charge is 0.311 e. The predicted molar refractivity (Wildman–Crippen MR) is 74.7 cm³/mol. The van der Waals surface area contributed by atoms with Gasteiger partial charge in [0, 0.05) is 18.1 Å². The lowest BCUT2D eigenvalue weighted by molar-refractivity contribution is -0.140. The molecule has 2 saturated heterocycles. The Morgan fingerprint density at radius 2 is 1.74 bits per heavy atom. The molecule has 2 N–H and O–H groups in total. The minimum absolute atomic E-state index is 0.191. The molecular weight excluding hydrogens is 336 g/mol. The topological polar surface area (TPSA) is 58.2 Å². The van der Waals surface area contributed by atoms with Crippen LogP contribution in [0.25, 0.3) is 0 Å². The van der Waals surface area contributed by atoms with E-state index in [1.165, 1.54) is 0 Å². The first-order valence-corrected chi connectivity index (χ1v) is 8.78. The number of piperidine rings is 1. The maximum absolute atomic E-state index is 13.1. The summed E-state index contributed by atoms with van der Waals surface area (Å²) < 4.78 is 79.2. The van der Waals surface area contributed by atoms with Crippen LogP contribution in [-0.2, 0) is 16.2 Å². The number of hydrogen-bond acceptors (Lipinski definition) is 3. The lowest BCUT2D eigenvalue weighted by Gasteiger charge is -2.29. The minimum Gasteiger partial charge on any atom is -0.311 e. The van der Waals surface area contributed by atoms with Crippen LogP contribution in [0.4, 0.5) is 17.6 Å². The zero-order valence-electron chi connectivity index (χ0n) is 12.0. The van der Waals surface area contributed by atoms with Gasteiger partial charge in [0.1, 0.15) is 5.82 Å². The van der Waals surface area contributed by atoms with Crippen LogP contribution in [0.3, 0.4) is 0 Å². The van der Waals surface area contributed by atoms with Crippen molar-refractivity contribution in [1.82, 2.24) is 10.0 Å². The first kappa shape index (κ1) is 16.7. The Morgan fingerprint density at radius 1 is 1.13 bits per heavy atom. The number of nitrogens with one attached hydrogen (secondary N) is 2. The second kappa shape index (κ2) is 5.71. The Morgan fingerprint density at radius 3 is 2.30 bits per heavy atom. The molecule has 2 bridgehead atoms. The second-order valence-corrected chi connectivity index (χ2v) is 7.75. The number of hydrogen-bond donors (Lipinski definition) is 2. The summed E-state index contributed by atoms with van der Waals surface area (Å²) in [6.07, 6.45) is -1.99. The number of alkyl halides is 3. The number of rotatable bonds is 3. The molecule has 0 aliphatic carbocycles. The fraction of sp³-hybridized carbons (Fsp3) is 0.571. The molecule has 0 spiro atoms. The Labute approximate surface area is 131 Å². The molecule has 2 aliphatic rings. The van der Waals surface area contributed by atoms with E-state index in [1.807, 2.05) is 0 Å². The van der Waals surface area contributed by atoms with Crippen molar-refractivity contribution in [3.05, 3.63) is 29.6 Å². The second-order valence-electron chi connectivity index (χ2n) is 6.07. The minimum atomic E-state index is -4.95. The van der Waals surface area contributed by atoms with Crippen molar-refractivity contribution in [1.29, 1.82) is 0 Å². The van der Waals surface area contributed by atoms with Crippen LogP contribution in [0.2, 0.25) is 0 Å². The summed E-state index contributed by atoms with van der Waals surface area (Å²) in [7, 11) is -4.37. The van der Waals surface area contributed by atoms with Crippen molar-refractivity contribution in [2.45, 2.75) is 54.9 Å². The Hall–Kier alpha value is -1.19. The number of fused-ring (bicyclic) bond motifs is 2. The van der Waals surface area contributed by atoms with E-state index in [2.05, 4.69) is 10.0 Å². The summed E-state index contributed by atoms with van der Waals surface area (Å²) >= 11 is 0. The van der Waals surface area contributed by atoms with Crippen LogP contribution < -0.4 is 10.0 Å². The van der Waals surface area contributed by atoms with E-state index in [0.717, 1.165) is 18.9 Å². The third-order valence-electron chi connectivity index (χ3n) is 4.33. The van der Waals surface area contributed by atoms with Gasteiger partial charge in [0.05, 0.1) is 10.5 Å². The van der Waals surface area contributed by atoms with E-state index in [1.54, 1.807) is 0 Å². The fourth-order valence-electron chi connectivity index (χ4n) is 3.39. The highest BCUT2D eigenvalue weighted by molar-refractivity contribution is 7.89. The molecule has 9 heteroatoms. The third kappa shape index (κ3) is 3.51. The van der Waals surface area contributed by atoms with Crippen molar-refractivity contribution < 1.29 is 26.0 Å². The largest absolute Gasteiger partial charge is 0.417 e. The zero-order valence-corrected chi connectivity index (χ0v) is 12.8. The van der Waals surface area contributed by atoms with Crippen molar-refractivity contribution in [3.8, 4) is 0 Å². The molecule has 23 heavy (non-hydrogen) atoms. The van der Waals surface area contributed by atoms with Crippen molar-refractivity contribution in [3.63, 3.8) is 0 Å². The molecule has 2 atom stereocenters. The summed E-state index contributed by atoms with van der Waals surface area (Å²) in [4.78, 5) is -0.933. The first-order valence-electron chi connectivity index (χ1n) is 7.30. The molecule has 0 radical (unpaired) electrons. The van der Waals surface area contributed by atoms with Gasteiger partial charge in [0.25, 0.3) is 0 Å². The van der Waals surface area contributed by atoms with Crippen LogP contribution in [0.5, 0.6) is 0 Å². The van der Waals surface area contributed by atoms with Gasteiger partial charge < -0.3 is 5.32 Å². The van der Waals surface area contributed by atoms with Gasteiger partial charge in [-0.25, -0.2) is 17.5 Å². The van der Waals surface area contributed by atoms with Gasteiger partial charge in [-0.2, -0.15) is 13.2 Å². The molecule has 128 valence electrons. The van der Waals surface area contributed by atoms with Crippen molar-refractivity contribution >= 4 is 10.0 Å². The standard InChI is InChI=1S/C14H16F4N2O2S/c15-8-1-4-13(12(5-8)14(16,17)18)23(21,22)20-11-6-9-2-3-10(7-11)19-9/h1,4-5,9-11,19-20H,2-3,6-7H2. The third-order valence-corrected chi connectivity index (χ3v) is 5.91. The van der Waals surface area contributed by atoms with E-state index >= 15 is 0 Å². The van der Waals surface area contributed by atoms with Gasteiger partial charge in [-0.15, -0.1) is 0 Å². The average molecular weight is 352 g/mol. The summed E-state index contributed by atoms with van der Waals surface area (Å²) in [5.41, 5.74) is -1.48. The van der Waals surface area contributed by atoms with Gasteiger partial charge in [-0.3, -0.25) is 0 Å². The van der Waals surface area contributed by atoms with Crippen LogP contribution in [0.15, 0.2) is 23.1 Å². The molecule has 3 rings (SSSR count). The molecule has 2 aliphatic heterocycles. The molecule has 1 aromatic rings. The van der Waals surface area contributed by atoms with E-state index in [4.69, 9.17) is 0 Å². The number of halogens is 4. The normalized spacial score (nSPS) is 28.1. The summed E-state index contributed by atoms with van der Waals surface area (Å²) in [5, 5.41) is 3.32. The molecule has 0 amide bonds. The van der Waals surface area contributed by atoms with Gasteiger partial charge in [-0.1, -0.05) is 0 Å². The van der Waals surface area contributed by atoms with Crippen LogP contribution in [0, 0.1) is 5.82 Å². The number of benzene rings is 1. The molecular formula is C14H16F4N2O2S. The monoisotopic (exact) mass is 352 g/mol. The van der Waals surface area contributed by atoms with Gasteiger partial charge in [0.2, 0.25) is 10.0 Å². The number of sulfonamides is 1. The van der Waals surface area contributed by atoms with Crippen LogP contribution >= 0.6 is 0 Å². The maximum Gasteiger partial charge on any atom is 0.417 e. The molecule has 0 aromatic heterocycles. The summed E-state index contributed by atoms with van der Waals surface area (Å²) in [5.74, 6) is -1.13.